The first-order valence-electron chi connectivity index (χ1n) is 29.9. The Balaban J connectivity index is 4.32. The lowest BCUT2D eigenvalue weighted by Crippen LogP contribution is -2.30. The van der Waals surface area contributed by atoms with Gasteiger partial charge in [0.1, 0.15) is 13.2 Å². The molecular weight excluding hydrogens is 889 g/mol. The third kappa shape index (κ3) is 57.0. The normalized spacial score (nSPS) is 12.9. The van der Waals surface area contributed by atoms with Crippen LogP contribution >= 0.6 is 0 Å². The van der Waals surface area contributed by atoms with Gasteiger partial charge in [-0.25, -0.2) is 0 Å². The van der Waals surface area contributed by atoms with Gasteiger partial charge in [0.2, 0.25) is 0 Å². The summed E-state index contributed by atoms with van der Waals surface area (Å²) in [6.45, 7) is 6.46. The van der Waals surface area contributed by atoms with Crippen LogP contribution in [0.2, 0.25) is 0 Å². The Bertz CT molecular complexity index is 1470. The van der Waals surface area contributed by atoms with Gasteiger partial charge < -0.3 is 14.2 Å². The van der Waals surface area contributed by atoms with Gasteiger partial charge in [-0.15, -0.1) is 0 Å². The minimum atomic E-state index is -0.796. The molecule has 410 valence electrons. The van der Waals surface area contributed by atoms with Crippen LogP contribution in [0.25, 0.3) is 0 Å². The van der Waals surface area contributed by atoms with E-state index >= 15 is 0 Å². The molecule has 0 aliphatic rings. The summed E-state index contributed by atoms with van der Waals surface area (Å²) in [5.41, 5.74) is 0. The third-order valence-corrected chi connectivity index (χ3v) is 12.5. The summed E-state index contributed by atoms with van der Waals surface area (Å²) in [5, 5.41) is 0. The number of allylic oxidation sites excluding steroid dienone is 18. The molecule has 0 heterocycles. The van der Waals surface area contributed by atoms with E-state index in [1.165, 1.54) is 122 Å². The molecule has 6 heteroatoms. The smallest absolute Gasteiger partial charge is 0.306 e. The molecule has 0 aromatic carbocycles. The Hall–Kier alpha value is -3.93. The number of ether oxygens (including phenoxy) is 3. The predicted octanol–water partition coefficient (Wildman–Crippen LogP) is 20.3. The highest BCUT2D eigenvalue weighted by Gasteiger charge is 2.19. The van der Waals surface area contributed by atoms with Gasteiger partial charge in [-0.3, -0.25) is 14.4 Å². The van der Waals surface area contributed by atoms with Crippen molar-refractivity contribution in [1.29, 1.82) is 0 Å². The summed E-state index contributed by atoms with van der Waals surface area (Å²) in [6.07, 6.45) is 81.0. The first kappa shape index (κ1) is 68.1. The maximum atomic E-state index is 12.8. The number of unbranched alkanes of at least 4 members (excludes halogenated alkanes) is 24. The van der Waals surface area contributed by atoms with Crippen LogP contribution in [0.3, 0.4) is 0 Å². The standard InChI is InChI=1S/C66H110O6/c1-4-7-10-13-16-19-21-23-25-27-29-30-31-32-33-34-35-36-38-39-41-43-45-47-50-53-56-59-65(68)71-62-63(61-70-64(67)58-55-52-49-18-15-12-9-6-3)72-66(69)60-57-54-51-48-46-44-42-40-37-28-26-24-22-20-17-14-11-8-5-2/h7,10,16,19,23-26,29-30,32-33,35-36,39,41,45,47,63H,4-6,8-9,11-15,17-18,20-22,27-28,31,34,37-38,40,42-44,46,48-62H2,1-3H3/b10-7-,19-16-,25-23-,26-24-,30-29-,33-32-,36-35-,41-39-,47-45-. The molecule has 0 saturated carbocycles. The Morgan fingerprint density at radius 1 is 0.292 bits per heavy atom. The summed E-state index contributed by atoms with van der Waals surface area (Å²) in [6, 6.07) is 0. The number of hydrogen-bond donors (Lipinski definition) is 0. The van der Waals surface area contributed by atoms with Crippen LogP contribution < -0.4 is 0 Å². The summed E-state index contributed by atoms with van der Waals surface area (Å²) in [5.74, 6) is -0.942. The van der Waals surface area contributed by atoms with E-state index in [4.69, 9.17) is 14.2 Å². The van der Waals surface area contributed by atoms with Gasteiger partial charge in [0.25, 0.3) is 0 Å². The van der Waals surface area contributed by atoms with Gasteiger partial charge in [0, 0.05) is 19.3 Å². The molecule has 0 bridgehead atoms. The van der Waals surface area contributed by atoms with E-state index in [9.17, 15) is 14.4 Å². The molecule has 0 aromatic rings. The second-order valence-corrected chi connectivity index (χ2v) is 19.5. The molecule has 0 aromatic heterocycles. The minimum Gasteiger partial charge on any atom is -0.462 e. The quantitative estimate of drug-likeness (QED) is 0.0261. The minimum absolute atomic E-state index is 0.0923. The molecule has 0 saturated heterocycles. The highest BCUT2D eigenvalue weighted by molar-refractivity contribution is 5.71. The van der Waals surface area contributed by atoms with Gasteiger partial charge in [-0.05, 0) is 109 Å². The van der Waals surface area contributed by atoms with E-state index in [0.29, 0.717) is 19.3 Å². The third-order valence-electron chi connectivity index (χ3n) is 12.5. The van der Waals surface area contributed by atoms with Gasteiger partial charge >= 0.3 is 17.9 Å². The lowest BCUT2D eigenvalue weighted by atomic mass is 10.1. The highest BCUT2D eigenvalue weighted by Crippen LogP contribution is 2.15. The van der Waals surface area contributed by atoms with Crippen molar-refractivity contribution in [2.45, 2.75) is 277 Å². The summed E-state index contributed by atoms with van der Waals surface area (Å²) in [4.78, 5) is 38.0. The Morgan fingerprint density at radius 3 is 0.889 bits per heavy atom. The van der Waals surface area contributed by atoms with Gasteiger partial charge in [0.05, 0.1) is 0 Å². The van der Waals surface area contributed by atoms with E-state index in [1.807, 2.05) is 0 Å². The van der Waals surface area contributed by atoms with Crippen LogP contribution in [0.1, 0.15) is 271 Å². The van der Waals surface area contributed by atoms with Crippen molar-refractivity contribution in [3.8, 4) is 0 Å². The Labute approximate surface area is 444 Å². The van der Waals surface area contributed by atoms with Crippen LogP contribution in [-0.2, 0) is 28.6 Å². The summed E-state index contributed by atoms with van der Waals surface area (Å²) >= 11 is 0. The molecule has 1 unspecified atom stereocenters. The van der Waals surface area contributed by atoms with Crippen LogP contribution in [0.5, 0.6) is 0 Å². The van der Waals surface area contributed by atoms with Crippen LogP contribution in [0.15, 0.2) is 109 Å². The van der Waals surface area contributed by atoms with E-state index in [2.05, 4.69) is 130 Å². The first-order chi connectivity index (χ1) is 35.5. The van der Waals surface area contributed by atoms with Crippen molar-refractivity contribution in [1.82, 2.24) is 0 Å². The van der Waals surface area contributed by atoms with Crippen molar-refractivity contribution >= 4 is 17.9 Å². The highest BCUT2D eigenvalue weighted by atomic mass is 16.6. The lowest BCUT2D eigenvalue weighted by molar-refractivity contribution is -0.167. The zero-order valence-electron chi connectivity index (χ0n) is 46.9. The van der Waals surface area contributed by atoms with Gasteiger partial charge in [0.15, 0.2) is 6.10 Å². The summed E-state index contributed by atoms with van der Waals surface area (Å²) in [7, 11) is 0. The molecule has 0 radical (unpaired) electrons. The zero-order valence-corrected chi connectivity index (χ0v) is 46.9. The summed E-state index contributed by atoms with van der Waals surface area (Å²) < 4.78 is 16.8. The SMILES string of the molecule is CC/C=C\C/C=C\C/C=C\C/C=C\C/C=C\C/C=C\C/C=C\C/C=C\CCCCC(=O)OCC(COC(=O)CCCCCCCCCC)OC(=O)CCCCCCCCCCC/C=C\CCCCCCCC. The molecule has 0 amide bonds. The average molecular weight is 1000 g/mol. The van der Waals surface area contributed by atoms with E-state index in [-0.39, 0.29) is 31.1 Å². The predicted molar refractivity (Wildman–Crippen MR) is 311 cm³/mol. The molecule has 0 aliphatic heterocycles. The number of carbonyl (C=O) groups excluding carboxylic acids is 3. The number of hydrogen-bond acceptors (Lipinski definition) is 6. The number of carbonyl (C=O) groups is 3. The maximum absolute atomic E-state index is 12.8. The Morgan fingerprint density at radius 2 is 0.542 bits per heavy atom. The van der Waals surface area contributed by atoms with Crippen molar-refractivity contribution in [2.75, 3.05) is 13.2 Å². The molecular formula is C66H110O6. The van der Waals surface area contributed by atoms with Crippen molar-refractivity contribution in [3.63, 3.8) is 0 Å². The molecule has 0 aliphatic carbocycles. The van der Waals surface area contributed by atoms with Gasteiger partial charge in [-0.1, -0.05) is 252 Å². The van der Waals surface area contributed by atoms with Gasteiger partial charge in [-0.2, -0.15) is 0 Å². The van der Waals surface area contributed by atoms with Crippen LogP contribution in [0.4, 0.5) is 0 Å². The molecule has 72 heavy (non-hydrogen) atoms. The Kier molecular flexibility index (Phi) is 56.4. The molecule has 0 rings (SSSR count). The van der Waals surface area contributed by atoms with Crippen molar-refractivity contribution in [3.05, 3.63) is 109 Å². The lowest BCUT2D eigenvalue weighted by Gasteiger charge is -2.18. The second kappa shape index (κ2) is 59.6. The largest absolute Gasteiger partial charge is 0.462 e. The van der Waals surface area contributed by atoms with Crippen LogP contribution in [-0.4, -0.2) is 37.2 Å². The second-order valence-electron chi connectivity index (χ2n) is 19.5. The maximum Gasteiger partial charge on any atom is 0.306 e. The number of esters is 3. The van der Waals surface area contributed by atoms with E-state index < -0.39 is 6.10 Å². The molecule has 0 fully saturated rings. The average Bonchev–Trinajstić information content (AvgIpc) is 3.38. The van der Waals surface area contributed by atoms with Crippen molar-refractivity contribution in [2.24, 2.45) is 0 Å². The fourth-order valence-corrected chi connectivity index (χ4v) is 8.04. The first-order valence-corrected chi connectivity index (χ1v) is 29.9. The zero-order chi connectivity index (χ0) is 52.2. The molecule has 0 N–H and O–H groups in total. The molecule has 0 spiro atoms. The number of rotatable bonds is 53. The van der Waals surface area contributed by atoms with Crippen molar-refractivity contribution < 1.29 is 28.6 Å². The van der Waals surface area contributed by atoms with E-state index in [1.54, 1.807) is 0 Å². The fourth-order valence-electron chi connectivity index (χ4n) is 8.04. The topological polar surface area (TPSA) is 78.9 Å². The van der Waals surface area contributed by atoms with E-state index in [0.717, 1.165) is 109 Å². The monoisotopic (exact) mass is 999 g/mol. The molecule has 1 atom stereocenters. The fraction of sp³-hybridized carbons (Fsp3) is 0.682. The van der Waals surface area contributed by atoms with Crippen LogP contribution in [0, 0.1) is 0 Å². The molecule has 6 nitrogen and oxygen atoms in total.